The summed E-state index contributed by atoms with van der Waals surface area (Å²) in [6.07, 6.45) is 0.304. The van der Waals surface area contributed by atoms with Gasteiger partial charge in [0.2, 0.25) is 11.8 Å². The molecule has 1 heterocycles. The number of hydrogen-bond donors (Lipinski definition) is 2. The van der Waals surface area contributed by atoms with Crippen molar-refractivity contribution in [1.29, 1.82) is 0 Å². The van der Waals surface area contributed by atoms with Crippen molar-refractivity contribution < 1.29 is 28.8 Å². The van der Waals surface area contributed by atoms with E-state index >= 15 is 0 Å². The largest absolute Gasteiger partial charge is 0.466 e. The molecule has 0 spiro atoms. The molecule has 1 aromatic rings. The quantitative estimate of drug-likeness (QED) is 0.355. The van der Waals surface area contributed by atoms with Gasteiger partial charge in [-0.15, -0.1) is 0 Å². The first-order chi connectivity index (χ1) is 13.3. The number of hydrogen-bond acceptors (Lipinski definition) is 7. The molecule has 3 N–H and O–H groups in total. The number of nitrogens with two attached hydrogens (primary N) is 1. The summed E-state index contributed by atoms with van der Waals surface area (Å²) in [5.74, 6) is -3.02. The molecule has 10 heteroatoms. The molecule has 10 nitrogen and oxygen atoms in total. The molecule has 0 radical (unpaired) electrons. The van der Waals surface area contributed by atoms with Gasteiger partial charge < -0.3 is 20.5 Å². The van der Waals surface area contributed by atoms with E-state index in [1.807, 2.05) is 0 Å². The van der Waals surface area contributed by atoms with Crippen LogP contribution in [-0.2, 0) is 23.9 Å². The fraction of sp³-hybridized carbons (Fsp3) is 0.500. The smallest absolute Gasteiger partial charge is 0.306 e. The van der Waals surface area contributed by atoms with E-state index in [0.717, 1.165) is 0 Å². The number of nitrogens with one attached hydrogen (secondary N) is 1. The van der Waals surface area contributed by atoms with Gasteiger partial charge in [-0.3, -0.25) is 24.5 Å². The second-order valence-corrected chi connectivity index (χ2v) is 6.41. The first kappa shape index (κ1) is 21.3. The van der Waals surface area contributed by atoms with Gasteiger partial charge in [-0.25, -0.2) is 0 Å². The maximum Gasteiger partial charge on any atom is 0.306 e. The highest BCUT2D eigenvalue weighted by atomic mass is 16.6. The number of nitrogens with zero attached hydrogens (tertiary/aromatic N) is 1. The van der Waals surface area contributed by atoms with Gasteiger partial charge in [-0.2, -0.15) is 0 Å². The Balaban J connectivity index is 2.29. The zero-order chi connectivity index (χ0) is 20.7. The van der Waals surface area contributed by atoms with Crippen molar-refractivity contribution in [2.45, 2.75) is 31.7 Å². The summed E-state index contributed by atoms with van der Waals surface area (Å²) in [4.78, 5) is 46.9. The topological polar surface area (TPSA) is 151 Å². The van der Waals surface area contributed by atoms with E-state index < -0.39 is 40.6 Å². The van der Waals surface area contributed by atoms with Gasteiger partial charge in [0.05, 0.1) is 30.5 Å². The molecule has 28 heavy (non-hydrogen) atoms. The number of nitro benzene ring substituents is 1. The Labute approximate surface area is 161 Å². The third-order valence-electron chi connectivity index (χ3n) is 4.53. The molecule has 0 aromatic heterocycles. The molecule has 0 saturated carbocycles. The monoisotopic (exact) mass is 393 g/mol. The van der Waals surface area contributed by atoms with E-state index in [2.05, 4.69) is 5.32 Å². The summed E-state index contributed by atoms with van der Waals surface area (Å²) < 4.78 is 10.1. The molecular formula is C18H23N3O7. The predicted octanol–water partition coefficient (Wildman–Crippen LogP) is 0.638. The number of amides is 2. The summed E-state index contributed by atoms with van der Waals surface area (Å²) in [7, 11) is 0. The lowest BCUT2D eigenvalue weighted by molar-refractivity contribution is -0.384. The summed E-state index contributed by atoms with van der Waals surface area (Å²) in [6, 6.07) is 4.21. The van der Waals surface area contributed by atoms with Gasteiger partial charge in [0.1, 0.15) is 6.04 Å². The fourth-order valence-electron chi connectivity index (χ4n) is 3.05. The van der Waals surface area contributed by atoms with Crippen molar-refractivity contribution in [2.75, 3.05) is 19.8 Å². The Hall–Kier alpha value is -3.01. The lowest BCUT2D eigenvalue weighted by Gasteiger charge is -2.26. The molecule has 0 aliphatic carbocycles. The number of rotatable bonds is 9. The van der Waals surface area contributed by atoms with Crippen LogP contribution in [0.4, 0.5) is 5.69 Å². The minimum absolute atomic E-state index is 0.138. The van der Waals surface area contributed by atoms with Crippen LogP contribution in [0.25, 0.3) is 0 Å². The molecule has 1 saturated heterocycles. The van der Waals surface area contributed by atoms with Gasteiger partial charge in [0.15, 0.2) is 0 Å². The third-order valence-corrected chi connectivity index (χ3v) is 4.53. The third kappa shape index (κ3) is 5.49. The van der Waals surface area contributed by atoms with E-state index in [1.54, 1.807) is 6.92 Å². The van der Waals surface area contributed by atoms with Gasteiger partial charge in [0, 0.05) is 24.7 Å². The van der Waals surface area contributed by atoms with Crippen molar-refractivity contribution >= 4 is 23.5 Å². The zero-order valence-corrected chi connectivity index (χ0v) is 15.5. The number of carbonyl (C=O) groups is 3. The maximum absolute atomic E-state index is 12.4. The van der Waals surface area contributed by atoms with Crippen LogP contribution in [0.3, 0.4) is 0 Å². The molecule has 1 aliphatic heterocycles. The number of primary amides is 1. The Morgan fingerprint density at radius 3 is 2.54 bits per heavy atom. The minimum Gasteiger partial charge on any atom is -0.466 e. The molecule has 0 unspecified atom stereocenters. The number of carbonyl (C=O) groups excluding carboxylic acids is 3. The van der Waals surface area contributed by atoms with E-state index in [9.17, 15) is 24.5 Å². The Morgan fingerprint density at radius 1 is 1.36 bits per heavy atom. The van der Waals surface area contributed by atoms with Gasteiger partial charge in [-0.1, -0.05) is 12.1 Å². The van der Waals surface area contributed by atoms with E-state index in [0.29, 0.717) is 18.6 Å². The Kier molecular flexibility index (Phi) is 7.44. The molecule has 0 bridgehead atoms. The summed E-state index contributed by atoms with van der Waals surface area (Å²) in [5.41, 5.74) is 5.82. The van der Waals surface area contributed by atoms with Crippen molar-refractivity contribution in [1.82, 2.24) is 5.32 Å². The average Bonchev–Trinajstić information content (AvgIpc) is 3.19. The van der Waals surface area contributed by atoms with Crippen LogP contribution < -0.4 is 11.1 Å². The highest BCUT2D eigenvalue weighted by molar-refractivity contribution is 5.89. The SMILES string of the molecule is CCOC(=O)C[C@@H](c1ccc([N+](=O)[O-])cc1)[C@@H](NC(=O)[C@@H]1CCOC1)C(N)=O. The number of ether oxygens (including phenoxy) is 2. The van der Waals surface area contributed by atoms with E-state index in [-0.39, 0.29) is 25.3 Å². The number of benzene rings is 1. The van der Waals surface area contributed by atoms with Crippen LogP contribution >= 0.6 is 0 Å². The van der Waals surface area contributed by atoms with Crippen molar-refractivity contribution in [3.8, 4) is 0 Å². The molecule has 3 atom stereocenters. The highest BCUT2D eigenvalue weighted by Gasteiger charge is 2.34. The zero-order valence-electron chi connectivity index (χ0n) is 15.5. The van der Waals surface area contributed by atoms with Gasteiger partial charge >= 0.3 is 5.97 Å². The van der Waals surface area contributed by atoms with Gasteiger partial charge in [0.25, 0.3) is 5.69 Å². The van der Waals surface area contributed by atoms with Gasteiger partial charge in [-0.05, 0) is 18.9 Å². The first-order valence-electron chi connectivity index (χ1n) is 8.90. The second kappa shape index (κ2) is 9.79. The predicted molar refractivity (Wildman–Crippen MR) is 97.1 cm³/mol. The van der Waals surface area contributed by atoms with Crippen molar-refractivity contribution in [2.24, 2.45) is 11.7 Å². The molecule has 2 rings (SSSR count). The second-order valence-electron chi connectivity index (χ2n) is 6.41. The first-order valence-corrected chi connectivity index (χ1v) is 8.90. The molecule has 1 aliphatic rings. The average molecular weight is 393 g/mol. The Bertz CT molecular complexity index is 729. The van der Waals surface area contributed by atoms with Crippen LogP contribution in [0.5, 0.6) is 0 Å². The van der Waals surface area contributed by atoms with E-state index in [1.165, 1.54) is 24.3 Å². The minimum atomic E-state index is -1.18. The summed E-state index contributed by atoms with van der Waals surface area (Å²) in [5, 5.41) is 13.5. The van der Waals surface area contributed by atoms with Crippen LogP contribution in [0, 0.1) is 16.0 Å². The molecule has 2 amide bonds. The summed E-state index contributed by atoms with van der Waals surface area (Å²) >= 11 is 0. The van der Waals surface area contributed by atoms with E-state index in [4.69, 9.17) is 15.2 Å². The lowest BCUT2D eigenvalue weighted by Crippen LogP contribution is -2.50. The standard InChI is InChI=1S/C18H23N3O7/c1-2-28-15(22)9-14(11-3-5-13(6-4-11)21(25)26)16(17(19)23)20-18(24)12-7-8-27-10-12/h3-6,12,14,16H,2,7-10H2,1H3,(H2,19,23)(H,20,24)/t12-,14+,16-/m1/s1. The molecular weight excluding hydrogens is 370 g/mol. The molecule has 1 aromatic carbocycles. The molecule has 152 valence electrons. The normalized spacial score (nSPS) is 18.1. The fourth-order valence-corrected chi connectivity index (χ4v) is 3.05. The highest BCUT2D eigenvalue weighted by Crippen LogP contribution is 2.27. The number of nitro groups is 1. The van der Waals surface area contributed by atoms with Crippen molar-refractivity contribution in [3.05, 3.63) is 39.9 Å². The number of esters is 1. The number of non-ortho nitro benzene ring substituents is 1. The summed E-state index contributed by atoms with van der Waals surface area (Å²) in [6.45, 7) is 2.50. The van der Waals surface area contributed by atoms with Crippen LogP contribution in [0.1, 0.15) is 31.2 Å². The Morgan fingerprint density at radius 2 is 2.04 bits per heavy atom. The van der Waals surface area contributed by atoms with Crippen molar-refractivity contribution in [3.63, 3.8) is 0 Å². The maximum atomic E-state index is 12.4. The van der Waals surface area contributed by atoms with Crippen LogP contribution in [-0.4, -0.2) is 48.6 Å². The van der Waals surface area contributed by atoms with Crippen LogP contribution in [0.15, 0.2) is 24.3 Å². The molecule has 1 fully saturated rings. The lowest BCUT2D eigenvalue weighted by atomic mass is 9.87. The van der Waals surface area contributed by atoms with Crippen LogP contribution in [0.2, 0.25) is 0 Å².